The smallest absolute Gasteiger partial charge is 0.244 e. The Bertz CT molecular complexity index is 485. The third-order valence-electron chi connectivity index (χ3n) is 4.23. The molecule has 2 rings (SSSR count). The van der Waals surface area contributed by atoms with Gasteiger partial charge in [0.2, 0.25) is 5.91 Å². The predicted octanol–water partition coefficient (Wildman–Crippen LogP) is 4.72. The quantitative estimate of drug-likeness (QED) is 0.772. The first kappa shape index (κ1) is 17.6. The average molecular weight is 315 g/mol. The highest BCUT2D eigenvalue weighted by molar-refractivity contribution is 5.91. The minimum Gasteiger partial charge on any atom is -0.494 e. The number of amides is 1. The van der Waals surface area contributed by atoms with Crippen LogP contribution in [0.15, 0.2) is 30.3 Å². The molecule has 0 unspecified atom stereocenters. The summed E-state index contributed by atoms with van der Waals surface area (Å²) in [6, 6.07) is 8.19. The summed E-state index contributed by atoms with van der Waals surface area (Å²) >= 11 is 0. The van der Waals surface area contributed by atoms with E-state index < -0.39 is 0 Å². The molecule has 3 nitrogen and oxygen atoms in total. The van der Waals surface area contributed by atoms with Crippen molar-refractivity contribution in [1.82, 2.24) is 5.32 Å². The molecule has 0 radical (unpaired) electrons. The fourth-order valence-electron chi connectivity index (χ4n) is 2.92. The highest BCUT2D eigenvalue weighted by Gasteiger charge is 2.12. The number of nitrogens with one attached hydrogen (secondary N) is 1. The number of rotatable bonds is 6. The van der Waals surface area contributed by atoms with Crippen molar-refractivity contribution in [2.45, 2.75) is 64.3 Å². The molecule has 126 valence electrons. The molecule has 23 heavy (non-hydrogen) atoms. The Kier molecular flexibility index (Phi) is 7.71. The molecule has 0 bridgehead atoms. The molecule has 1 aliphatic carbocycles. The van der Waals surface area contributed by atoms with Gasteiger partial charge in [0.05, 0.1) is 6.61 Å². The summed E-state index contributed by atoms with van der Waals surface area (Å²) in [4.78, 5) is 12.1. The molecular weight excluding hydrogens is 286 g/mol. The van der Waals surface area contributed by atoms with Crippen LogP contribution in [0.2, 0.25) is 0 Å². The maximum Gasteiger partial charge on any atom is 0.244 e. The van der Waals surface area contributed by atoms with Crippen LogP contribution in [0, 0.1) is 0 Å². The summed E-state index contributed by atoms with van der Waals surface area (Å²) < 4.78 is 5.55. The average Bonchev–Trinajstić information content (AvgIpc) is 2.54. The maximum absolute atomic E-state index is 12.1. The third-order valence-corrected chi connectivity index (χ3v) is 4.23. The predicted molar refractivity (Wildman–Crippen MR) is 95.5 cm³/mol. The van der Waals surface area contributed by atoms with Crippen molar-refractivity contribution in [3.63, 3.8) is 0 Å². The van der Waals surface area contributed by atoms with E-state index in [1.807, 2.05) is 30.3 Å². The van der Waals surface area contributed by atoms with Gasteiger partial charge in [-0.25, -0.2) is 0 Å². The lowest BCUT2D eigenvalue weighted by atomic mass is 9.97. The van der Waals surface area contributed by atoms with Gasteiger partial charge < -0.3 is 10.1 Å². The van der Waals surface area contributed by atoms with Crippen LogP contribution in [0.5, 0.6) is 5.75 Å². The zero-order valence-electron chi connectivity index (χ0n) is 14.2. The largest absolute Gasteiger partial charge is 0.494 e. The van der Waals surface area contributed by atoms with E-state index in [4.69, 9.17) is 4.74 Å². The molecule has 1 N–H and O–H groups in total. The Morgan fingerprint density at radius 1 is 1.13 bits per heavy atom. The minimum absolute atomic E-state index is 0.0156. The summed E-state index contributed by atoms with van der Waals surface area (Å²) in [5.74, 6) is 0.893. The summed E-state index contributed by atoms with van der Waals surface area (Å²) in [6.45, 7) is 2.82. The van der Waals surface area contributed by atoms with Gasteiger partial charge in [-0.05, 0) is 43.0 Å². The van der Waals surface area contributed by atoms with Crippen molar-refractivity contribution in [1.29, 1.82) is 0 Å². The molecular formula is C20H29NO2. The van der Waals surface area contributed by atoms with Crippen LogP contribution in [0.1, 0.15) is 63.9 Å². The Labute approximate surface area is 140 Å². The van der Waals surface area contributed by atoms with E-state index in [0.29, 0.717) is 6.04 Å². The lowest BCUT2D eigenvalue weighted by molar-refractivity contribution is -0.117. The zero-order valence-corrected chi connectivity index (χ0v) is 14.2. The standard InChI is InChI=1S/C20H29NO2/c1-2-16-23-19-13-10-17(11-14-19)12-15-20(22)21-18-8-6-4-3-5-7-9-18/h10-15,18H,2-9,16H2,1H3,(H,21,22)/b15-12+. The zero-order chi connectivity index (χ0) is 16.3. The molecule has 1 aromatic rings. The van der Waals surface area contributed by atoms with Crippen molar-refractivity contribution in [2.24, 2.45) is 0 Å². The van der Waals surface area contributed by atoms with Crippen molar-refractivity contribution in [3.8, 4) is 5.75 Å². The van der Waals surface area contributed by atoms with Gasteiger partial charge in [0.15, 0.2) is 0 Å². The van der Waals surface area contributed by atoms with Crippen LogP contribution in [0.4, 0.5) is 0 Å². The van der Waals surface area contributed by atoms with Crippen LogP contribution in [0.25, 0.3) is 6.08 Å². The fraction of sp³-hybridized carbons (Fsp3) is 0.550. The second-order valence-electron chi connectivity index (χ2n) is 6.30. The summed E-state index contributed by atoms with van der Waals surface area (Å²) in [6.07, 6.45) is 13.1. The van der Waals surface area contributed by atoms with Gasteiger partial charge in [-0.3, -0.25) is 4.79 Å². The SMILES string of the molecule is CCCOc1ccc(/C=C/C(=O)NC2CCCCCCC2)cc1. The first-order chi connectivity index (χ1) is 11.3. The Hall–Kier alpha value is -1.77. The lowest BCUT2D eigenvalue weighted by Crippen LogP contribution is -2.34. The van der Waals surface area contributed by atoms with Crippen molar-refractivity contribution in [2.75, 3.05) is 6.61 Å². The van der Waals surface area contributed by atoms with E-state index in [-0.39, 0.29) is 5.91 Å². The molecule has 0 aliphatic heterocycles. The fourth-order valence-corrected chi connectivity index (χ4v) is 2.92. The molecule has 0 spiro atoms. The van der Waals surface area contributed by atoms with Gasteiger partial charge in [0, 0.05) is 12.1 Å². The Morgan fingerprint density at radius 3 is 2.43 bits per heavy atom. The number of ether oxygens (including phenoxy) is 1. The molecule has 0 saturated heterocycles. The minimum atomic E-state index is 0.0156. The third kappa shape index (κ3) is 6.89. The van der Waals surface area contributed by atoms with Crippen LogP contribution in [-0.4, -0.2) is 18.6 Å². The van der Waals surface area contributed by atoms with Gasteiger partial charge >= 0.3 is 0 Å². The second kappa shape index (κ2) is 10.1. The van der Waals surface area contributed by atoms with E-state index in [2.05, 4.69) is 12.2 Å². The molecule has 0 aromatic heterocycles. The molecule has 1 saturated carbocycles. The molecule has 1 aromatic carbocycles. The van der Waals surface area contributed by atoms with Gasteiger partial charge in [0.25, 0.3) is 0 Å². The van der Waals surface area contributed by atoms with E-state index in [1.165, 1.54) is 32.1 Å². The Morgan fingerprint density at radius 2 is 1.78 bits per heavy atom. The highest BCUT2D eigenvalue weighted by atomic mass is 16.5. The summed E-state index contributed by atoms with van der Waals surface area (Å²) in [5.41, 5.74) is 1.02. The van der Waals surface area contributed by atoms with Crippen LogP contribution in [-0.2, 0) is 4.79 Å². The van der Waals surface area contributed by atoms with E-state index in [0.717, 1.165) is 37.2 Å². The molecule has 0 atom stereocenters. The van der Waals surface area contributed by atoms with E-state index in [9.17, 15) is 4.79 Å². The first-order valence-electron chi connectivity index (χ1n) is 8.99. The van der Waals surface area contributed by atoms with Crippen molar-refractivity contribution >= 4 is 12.0 Å². The van der Waals surface area contributed by atoms with E-state index >= 15 is 0 Å². The molecule has 1 aliphatic rings. The topological polar surface area (TPSA) is 38.3 Å². The van der Waals surface area contributed by atoms with Crippen LogP contribution < -0.4 is 10.1 Å². The van der Waals surface area contributed by atoms with Crippen LogP contribution >= 0.6 is 0 Å². The molecule has 3 heteroatoms. The van der Waals surface area contributed by atoms with Crippen molar-refractivity contribution < 1.29 is 9.53 Å². The van der Waals surface area contributed by atoms with Gasteiger partial charge in [-0.15, -0.1) is 0 Å². The molecule has 1 amide bonds. The lowest BCUT2D eigenvalue weighted by Gasteiger charge is -2.20. The van der Waals surface area contributed by atoms with Crippen molar-refractivity contribution in [3.05, 3.63) is 35.9 Å². The molecule has 0 heterocycles. The monoisotopic (exact) mass is 315 g/mol. The maximum atomic E-state index is 12.1. The highest BCUT2D eigenvalue weighted by Crippen LogP contribution is 2.17. The van der Waals surface area contributed by atoms with Gasteiger partial charge in [0.1, 0.15) is 5.75 Å². The van der Waals surface area contributed by atoms with E-state index in [1.54, 1.807) is 6.08 Å². The second-order valence-corrected chi connectivity index (χ2v) is 6.30. The summed E-state index contributed by atoms with van der Waals surface area (Å²) in [5, 5.41) is 3.15. The van der Waals surface area contributed by atoms with Gasteiger partial charge in [-0.1, -0.05) is 51.2 Å². The molecule has 1 fully saturated rings. The normalized spacial score (nSPS) is 16.7. The summed E-state index contributed by atoms with van der Waals surface area (Å²) in [7, 11) is 0. The van der Waals surface area contributed by atoms with Gasteiger partial charge in [-0.2, -0.15) is 0 Å². The Balaban J connectivity index is 1.80. The van der Waals surface area contributed by atoms with Crippen LogP contribution in [0.3, 0.4) is 0 Å². The first-order valence-corrected chi connectivity index (χ1v) is 8.99. The number of carbonyl (C=O) groups excluding carboxylic acids is 1. The number of hydrogen-bond acceptors (Lipinski definition) is 2. The number of benzene rings is 1. The number of carbonyl (C=O) groups is 1. The number of hydrogen-bond donors (Lipinski definition) is 1.